The molecule has 0 spiro atoms. The van der Waals surface area contributed by atoms with Gasteiger partial charge in [0.1, 0.15) is 0 Å². The predicted octanol–water partition coefficient (Wildman–Crippen LogP) is 4.41. The number of carbonyl (C=O) groups excluding carboxylic acids is 2. The van der Waals surface area contributed by atoms with Gasteiger partial charge in [-0.25, -0.2) is 0 Å². The zero-order valence-electron chi connectivity index (χ0n) is 16.1. The van der Waals surface area contributed by atoms with Gasteiger partial charge in [-0.15, -0.1) is 0 Å². The lowest BCUT2D eigenvalue weighted by molar-refractivity contribution is -0.243. The largest absolute Gasteiger partial charge is 0.422 e. The van der Waals surface area contributed by atoms with Gasteiger partial charge in [-0.3, -0.25) is 9.59 Å². The van der Waals surface area contributed by atoms with Crippen LogP contribution in [0.4, 0.5) is 0 Å². The Hall–Kier alpha value is -3.14. The van der Waals surface area contributed by atoms with Crippen molar-refractivity contribution < 1.29 is 19.1 Å². The molecule has 0 aliphatic carbocycles. The van der Waals surface area contributed by atoms with Crippen LogP contribution in [0.5, 0.6) is 0 Å². The smallest absolute Gasteiger partial charge is 0.334 e. The summed E-state index contributed by atoms with van der Waals surface area (Å²) in [5.41, 5.74) is 0.596. The van der Waals surface area contributed by atoms with Crippen molar-refractivity contribution in [1.82, 2.24) is 0 Å². The number of hydrogen-bond donors (Lipinski definition) is 0. The topological polar surface area (TPSA) is 52.6 Å². The van der Waals surface area contributed by atoms with Crippen LogP contribution < -0.4 is 0 Å². The van der Waals surface area contributed by atoms with Gasteiger partial charge >= 0.3 is 11.9 Å². The Morgan fingerprint density at radius 1 is 0.714 bits per heavy atom. The molecule has 3 rings (SSSR count). The van der Waals surface area contributed by atoms with Crippen LogP contribution in [-0.2, 0) is 31.9 Å². The maximum Gasteiger partial charge on any atom is 0.334 e. The first-order valence-electron chi connectivity index (χ1n) is 9.31. The highest BCUT2D eigenvalue weighted by Gasteiger charge is 2.53. The van der Waals surface area contributed by atoms with Crippen molar-refractivity contribution in [3.8, 4) is 0 Å². The average molecular weight is 376 g/mol. The van der Waals surface area contributed by atoms with Gasteiger partial charge in [0.05, 0.1) is 0 Å². The van der Waals surface area contributed by atoms with E-state index in [0.29, 0.717) is 12.8 Å². The second-order valence-electron chi connectivity index (χ2n) is 7.23. The van der Waals surface area contributed by atoms with Gasteiger partial charge in [0.2, 0.25) is 5.41 Å². The Balaban J connectivity index is 1.85. The van der Waals surface area contributed by atoms with Crippen molar-refractivity contribution in [3.63, 3.8) is 0 Å². The zero-order chi connectivity index (χ0) is 20.0. The molecule has 1 aliphatic rings. The summed E-state index contributed by atoms with van der Waals surface area (Å²) in [6.07, 6.45) is 7.98. The SMILES string of the molecule is CC1(C)OC(=O)C(/C=C/Cc2ccccc2)(/C=C/Cc2ccccc2)C(=O)O1. The molecule has 0 radical (unpaired) electrons. The molecule has 4 heteroatoms. The van der Waals surface area contributed by atoms with Crippen molar-refractivity contribution in [2.45, 2.75) is 32.5 Å². The summed E-state index contributed by atoms with van der Waals surface area (Å²) < 4.78 is 10.8. The molecule has 0 atom stereocenters. The molecule has 1 fully saturated rings. The van der Waals surface area contributed by atoms with E-state index in [1.165, 1.54) is 0 Å². The summed E-state index contributed by atoms with van der Waals surface area (Å²) in [6.45, 7) is 3.10. The number of carbonyl (C=O) groups is 2. The highest BCUT2D eigenvalue weighted by molar-refractivity contribution is 6.06. The molecule has 0 N–H and O–H groups in total. The Kier molecular flexibility index (Phi) is 5.78. The van der Waals surface area contributed by atoms with Gasteiger partial charge in [-0.1, -0.05) is 85.0 Å². The molecule has 0 unspecified atom stereocenters. The van der Waals surface area contributed by atoms with Gasteiger partial charge < -0.3 is 9.47 Å². The summed E-state index contributed by atoms with van der Waals surface area (Å²) in [4.78, 5) is 25.6. The third-order valence-corrected chi connectivity index (χ3v) is 4.51. The molecule has 144 valence electrons. The zero-order valence-corrected chi connectivity index (χ0v) is 16.1. The van der Waals surface area contributed by atoms with Crippen LogP contribution in [0.15, 0.2) is 85.0 Å². The standard InChI is InChI=1S/C24H24O4/c1-23(2)27-21(25)24(22(26)28-23,17-9-15-19-11-5-3-6-12-19)18-10-16-20-13-7-4-8-14-20/h3-14,17-18H,15-16H2,1-2H3/b17-9+,18-10+. The molecule has 28 heavy (non-hydrogen) atoms. The van der Waals surface area contributed by atoms with Crippen LogP contribution in [0.2, 0.25) is 0 Å². The van der Waals surface area contributed by atoms with Gasteiger partial charge in [-0.05, 0) is 24.0 Å². The van der Waals surface area contributed by atoms with Crippen molar-refractivity contribution in [2.24, 2.45) is 5.41 Å². The molecule has 2 aromatic carbocycles. The maximum absolute atomic E-state index is 12.8. The third-order valence-electron chi connectivity index (χ3n) is 4.51. The van der Waals surface area contributed by atoms with Crippen LogP contribution in [-0.4, -0.2) is 17.7 Å². The van der Waals surface area contributed by atoms with E-state index in [-0.39, 0.29) is 0 Å². The van der Waals surface area contributed by atoms with E-state index in [2.05, 4.69) is 0 Å². The van der Waals surface area contributed by atoms with Gasteiger partial charge in [0.15, 0.2) is 0 Å². The molecule has 1 saturated heterocycles. The quantitative estimate of drug-likeness (QED) is 0.426. The normalized spacial score (nSPS) is 18.2. The first-order valence-corrected chi connectivity index (χ1v) is 9.31. The maximum atomic E-state index is 12.8. The number of benzene rings is 2. The number of cyclic esters (lactones) is 2. The van der Waals surface area contributed by atoms with Crippen molar-refractivity contribution in [3.05, 3.63) is 96.1 Å². The van der Waals surface area contributed by atoms with Gasteiger partial charge in [0, 0.05) is 13.8 Å². The molecule has 1 aliphatic heterocycles. The van der Waals surface area contributed by atoms with Gasteiger partial charge in [0.25, 0.3) is 5.79 Å². The Morgan fingerprint density at radius 2 is 1.11 bits per heavy atom. The molecule has 0 amide bonds. The molecule has 4 nitrogen and oxygen atoms in total. The number of rotatable bonds is 6. The summed E-state index contributed by atoms with van der Waals surface area (Å²) in [5.74, 6) is -2.51. The summed E-state index contributed by atoms with van der Waals surface area (Å²) >= 11 is 0. The summed E-state index contributed by atoms with van der Waals surface area (Å²) in [5, 5.41) is 0. The van der Waals surface area contributed by atoms with Crippen LogP contribution >= 0.6 is 0 Å². The number of esters is 2. The van der Waals surface area contributed by atoms with E-state index in [4.69, 9.17) is 9.47 Å². The Bertz CT molecular complexity index is 806. The Morgan fingerprint density at radius 3 is 1.50 bits per heavy atom. The van der Waals surface area contributed by atoms with E-state index in [0.717, 1.165) is 11.1 Å². The fourth-order valence-corrected chi connectivity index (χ4v) is 3.04. The monoisotopic (exact) mass is 376 g/mol. The predicted molar refractivity (Wildman–Crippen MR) is 107 cm³/mol. The van der Waals surface area contributed by atoms with Crippen LogP contribution in [0.1, 0.15) is 25.0 Å². The number of ether oxygens (including phenoxy) is 2. The van der Waals surface area contributed by atoms with Crippen LogP contribution in [0.3, 0.4) is 0 Å². The Labute approximate surface area is 165 Å². The van der Waals surface area contributed by atoms with Crippen molar-refractivity contribution >= 4 is 11.9 Å². The third kappa shape index (κ3) is 4.58. The highest BCUT2D eigenvalue weighted by atomic mass is 16.7. The van der Waals surface area contributed by atoms with E-state index >= 15 is 0 Å². The van der Waals surface area contributed by atoms with Crippen LogP contribution in [0.25, 0.3) is 0 Å². The molecule has 1 heterocycles. The molecule has 0 bridgehead atoms. The van der Waals surface area contributed by atoms with E-state index < -0.39 is 23.1 Å². The fourth-order valence-electron chi connectivity index (χ4n) is 3.04. The molecule has 0 saturated carbocycles. The number of hydrogen-bond acceptors (Lipinski definition) is 4. The number of allylic oxidation sites excluding steroid dienone is 2. The first-order chi connectivity index (χ1) is 13.4. The van der Waals surface area contributed by atoms with E-state index in [9.17, 15) is 9.59 Å². The fraction of sp³-hybridized carbons (Fsp3) is 0.250. The molecular formula is C24H24O4. The minimum atomic E-state index is -1.57. The van der Waals surface area contributed by atoms with E-state index in [1.807, 2.05) is 72.8 Å². The molecule has 0 aromatic heterocycles. The van der Waals surface area contributed by atoms with Crippen LogP contribution in [0, 0.1) is 5.41 Å². The lowest BCUT2D eigenvalue weighted by atomic mass is 9.85. The lowest BCUT2D eigenvalue weighted by Gasteiger charge is -2.37. The minimum absolute atomic E-state index is 0.596. The second-order valence-corrected chi connectivity index (χ2v) is 7.23. The minimum Gasteiger partial charge on any atom is -0.422 e. The van der Waals surface area contributed by atoms with E-state index in [1.54, 1.807) is 26.0 Å². The summed E-state index contributed by atoms with van der Waals surface area (Å²) in [7, 11) is 0. The van der Waals surface area contributed by atoms with Gasteiger partial charge in [-0.2, -0.15) is 0 Å². The van der Waals surface area contributed by atoms with Crippen molar-refractivity contribution in [2.75, 3.05) is 0 Å². The molecule has 2 aromatic rings. The first kappa shape index (κ1) is 19.6. The summed E-state index contributed by atoms with van der Waals surface area (Å²) in [6, 6.07) is 19.6. The second kappa shape index (κ2) is 8.26. The average Bonchev–Trinajstić information content (AvgIpc) is 2.66. The highest BCUT2D eigenvalue weighted by Crippen LogP contribution is 2.35. The molecular weight excluding hydrogens is 352 g/mol. The van der Waals surface area contributed by atoms with Crippen molar-refractivity contribution in [1.29, 1.82) is 0 Å². The lowest BCUT2D eigenvalue weighted by Crippen LogP contribution is -2.52.